The summed E-state index contributed by atoms with van der Waals surface area (Å²) in [6.45, 7) is 6.55. The van der Waals surface area contributed by atoms with Gasteiger partial charge in [-0.05, 0) is 31.0 Å². The zero-order valence-electron chi connectivity index (χ0n) is 16.6. The van der Waals surface area contributed by atoms with Crippen LogP contribution in [0.3, 0.4) is 0 Å². The van der Waals surface area contributed by atoms with Crippen LogP contribution in [0.5, 0.6) is 0 Å². The molecule has 3 rings (SSSR count). The summed E-state index contributed by atoms with van der Waals surface area (Å²) in [4.78, 5) is 25.0. The van der Waals surface area contributed by atoms with E-state index in [1.807, 2.05) is 32.0 Å². The first kappa shape index (κ1) is 20.5. The number of nitro groups is 1. The predicted molar refractivity (Wildman–Crippen MR) is 111 cm³/mol. The Morgan fingerprint density at radius 3 is 2.69 bits per heavy atom. The van der Waals surface area contributed by atoms with Gasteiger partial charge in [-0.2, -0.15) is 5.10 Å². The van der Waals surface area contributed by atoms with Crippen molar-refractivity contribution in [1.29, 1.82) is 0 Å². The van der Waals surface area contributed by atoms with Gasteiger partial charge in [0.1, 0.15) is 0 Å². The number of hydrogen-bond donors (Lipinski definition) is 1. The molecule has 0 radical (unpaired) electrons. The Morgan fingerprint density at radius 2 is 2.00 bits per heavy atom. The van der Waals surface area contributed by atoms with Crippen LogP contribution in [-0.4, -0.2) is 43.3 Å². The Labute approximate surface area is 169 Å². The second kappa shape index (κ2) is 9.29. The molecule has 0 atom stereocenters. The molecule has 1 amide bonds. The average Bonchev–Trinajstić information content (AvgIpc) is 2.70. The topological polar surface area (TPSA) is 97.1 Å². The first-order chi connectivity index (χ1) is 13.9. The number of anilines is 1. The highest BCUT2D eigenvalue weighted by Crippen LogP contribution is 2.25. The third kappa shape index (κ3) is 5.39. The fourth-order valence-electron chi connectivity index (χ4n) is 3.28. The lowest BCUT2D eigenvalue weighted by atomic mass is 10.0. The molecule has 0 unspecified atom stereocenters. The van der Waals surface area contributed by atoms with Crippen LogP contribution in [0.4, 0.5) is 11.4 Å². The van der Waals surface area contributed by atoms with E-state index in [9.17, 15) is 14.9 Å². The molecule has 0 saturated carbocycles. The van der Waals surface area contributed by atoms with Crippen molar-refractivity contribution in [2.24, 2.45) is 5.10 Å². The van der Waals surface area contributed by atoms with Crippen molar-refractivity contribution in [2.45, 2.75) is 20.3 Å². The Morgan fingerprint density at radius 1 is 1.24 bits per heavy atom. The summed E-state index contributed by atoms with van der Waals surface area (Å²) in [6, 6.07) is 10.6. The molecule has 0 spiro atoms. The molecule has 1 aliphatic rings. The van der Waals surface area contributed by atoms with Crippen LogP contribution in [-0.2, 0) is 16.0 Å². The van der Waals surface area contributed by atoms with E-state index in [1.54, 1.807) is 6.07 Å². The van der Waals surface area contributed by atoms with Crippen molar-refractivity contribution < 1.29 is 14.5 Å². The number of hydrogen-bond acceptors (Lipinski definition) is 6. The van der Waals surface area contributed by atoms with Gasteiger partial charge in [0.25, 0.3) is 5.69 Å². The summed E-state index contributed by atoms with van der Waals surface area (Å²) >= 11 is 0. The number of rotatable bonds is 6. The van der Waals surface area contributed by atoms with Gasteiger partial charge in [-0.3, -0.25) is 14.9 Å². The number of nitrogens with zero attached hydrogens (tertiary/aromatic N) is 3. The van der Waals surface area contributed by atoms with Crippen LogP contribution in [0, 0.1) is 24.0 Å². The summed E-state index contributed by atoms with van der Waals surface area (Å²) in [5.74, 6) is -0.244. The number of nitro benzene ring substituents is 1. The van der Waals surface area contributed by atoms with Crippen LogP contribution in [0.15, 0.2) is 41.5 Å². The number of nitrogens with one attached hydrogen (secondary N) is 1. The number of ether oxygens (including phenoxy) is 1. The molecule has 1 aliphatic heterocycles. The number of carbonyl (C=O) groups is 1. The second-order valence-corrected chi connectivity index (χ2v) is 7.00. The van der Waals surface area contributed by atoms with E-state index in [0.29, 0.717) is 31.9 Å². The van der Waals surface area contributed by atoms with E-state index in [2.05, 4.69) is 15.4 Å². The molecule has 1 saturated heterocycles. The molecule has 152 valence electrons. The monoisotopic (exact) mass is 396 g/mol. The Bertz CT molecular complexity index is 936. The molecule has 0 aromatic heterocycles. The van der Waals surface area contributed by atoms with Crippen LogP contribution in [0.2, 0.25) is 0 Å². The summed E-state index contributed by atoms with van der Waals surface area (Å²) in [5.41, 5.74) is 7.03. The largest absolute Gasteiger partial charge is 0.378 e. The average molecular weight is 396 g/mol. The highest BCUT2D eigenvalue weighted by Gasteiger charge is 2.17. The van der Waals surface area contributed by atoms with Gasteiger partial charge in [0.05, 0.1) is 30.8 Å². The fourth-order valence-corrected chi connectivity index (χ4v) is 3.28. The Balaban J connectivity index is 1.73. The first-order valence-electron chi connectivity index (χ1n) is 9.43. The van der Waals surface area contributed by atoms with E-state index < -0.39 is 4.92 Å². The zero-order chi connectivity index (χ0) is 20.8. The summed E-state index contributed by atoms with van der Waals surface area (Å²) in [7, 11) is 0. The summed E-state index contributed by atoms with van der Waals surface area (Å²) in [6.07, 6.45) is 1.67. The molecule has 29 heavy (non-hydrogen) atoms. The highest BCUT2D eigenvalue weighted by molar-refractivity contribution is 5.90. The number of hydrazone groups is 1. The molecule has 8 nitrogen and oxygen atoms in total. The van der Waals surface area contributed by atoms with E-state index in [1.165, 1.54) is 18.3 Å². The number of benzene rings is 2. The van der Waals surface area contributed by atoms with Crippen LogP contribution < -0.4 is 10.3 Å². The molecule has 1 fully saturated rings. The number of non-ortho nitro benzene ring substituents is 1. The molecule has 0 aliphatic carbocycles. The van der Waals surface area contributed by atoms with Gasteiger partial charge >= 0.3 is 0 Å². The summed E-state index contributed by atoms with van der Waals surface area (Å²) < 4.78 is 5.37. The molecular weight excluding hydrogens is 372 g/mol. The Kier molecular flexibility index (Phi) is 6.56. The van der Waals surface area contributed by atoms with Gasteiger partial charge in [0.15, 0.2) is 0 Å². The minimum atomic E-state index is -0.445. The lowest BCUT2D eigenvalue weighted by Gasteiger charge is -2.29. The first-order valence-corrected chi connectivity index (χ1v) is 9.43. The van der Waals surface area contributed by atoms with Gasteiger partial charge in [0.2, 0.25) is 5.91 Å². The lowest BCUT2D eigenvalue weighted by Crippen LogP contribution is -2.36. The molecule has 2 aromatic rings. The standard InChI is InChI=1S/C21H24N4O4/c1-15-3-4-17(16(2)11-15)13-21(26)23-22-14-18-12-19(25(27)28)5-6-20(18)24-7-9-29-10-8-24/h3-6,11-12,14H,7-10,13H2,1-2H3,(H,23,26)/b22-14+. The molecular formula is C21H24N4O4. The van der Waals surface area contributed by atoms with E-state index >= 15 is 0 Å². The van der Waals surface area contributed by atoms with E-state index in [4.69, 9.17) is 4.74 Å². The van der Waals surface area contributed by atoms with Crippen LogP contribution >= 0.6 is 0 Å². The van der Waals surface area contributed by atoms with Crippen molar-refractivity contribution in [3.8, 4) is 0 Å². The third-order valence-corrected chi connectivity index (χ3v) is 4.82. The Hall–Kier alpha value is -3.26. The molecule has 1 N–H and O–H groups in total. The molecule has 1 heterocycles. The number of aryl methyl sites for hydroxylation is 2. The van der Waals surface area contributed by atoms with Crippen molar-refractivity contribution in [3.63, 3.8) is 0 Å². The number of amides is 1. The van der Waals surface area contributed by atoms with Gasteiger partial charge in [-0.25, -0.2) is 5.43 Å². The maximum absolute atomic E-state index is 12.2. The van der Waals surface area contributed by atoms with Crippen molar-refractivity contribution in [1.82, 2.24) is 5.43 Å². The highest BCUT2D eigenvalue weighted by atomic mass is 16.6. The minimum absolute atomic E-state index is 0.0231. The van der Waals surface area contributed by atoms with Gasteiger partial charge in [-0.15, -0.1) is 0 Å². The van der Waals surface area contributed by atoms with Crippen molar-refractivity contribution >= 4 is 23.5 Å². The summed E-state index contributed by atoms with van der Waals surface area (Å²) in [5, 5.41) is 15.2. The quantitative estimate of drug-likeness (QED) is 0.460. The van der Waals surface area contributed by atoms with Crippen molar-refractivity contribution in [2.75, 3.05) is 31.2 Å². The predicted octanol–water partition coefficient (Wildman–Crippen LogP) is 2.74. The number of carbonyl (C=O) groups excluding carboxylic acids is 1. The van der Waals surface area contributed by atoms with E-state index in [0.717, 1.165) is 22.4 Å². The van der Waals surface area contributed by atoms with Crippen molar-refractivity contribution in [3.05, 3.63) is 68.8 Å². The second-order valence-electron chi connectivity index (χ2n) is 7.00. The smallest absolute Gasteiger partial charge is 0.270 e. The maximum atomic E-state index is 12.2. The molecule has 8 heteroatoms. The van der Waals surface area contributed by atoms with Gasteiger partial charge in [-0.1, -0.05) is 23.8 Å². The maximum Gasteiger partial charge on any atom is 0.270 e. The van der Waals surface area contributed by atoms with E-state index in [-0.39, 0.29) is 18.0 Å². The number of morpholine rings is 1. The normalized spacial score (nSPS) is 14.2. The van der Waals surface area contributed by atoms with Crippen LogP contribution in [0.1, 0.15) is 22.3 Å². The lowest BCUT2D eigenvalue weighted by molar-refractivity contribution is -0.384. The zero-order valence-corrected chi connectivity index (χ0v) is 16.6. The molecule has 0 bridgehead atoms. The fraction of sp³-hybridized carbons (Fsp3) is 0.333. The SMILES string of the molecule is Cc1ccc(CC(=O)N/N=C/c2cc([N+](=O)[O-])ccc2N2CCOCC2)c(C)c1. The van der Waals surface area contributed by atoms with Gasteiger partial charge < -0.3 is 9.64 Å². The van der Waals surface area contributed by atoms with Gasteiger partial charge in [0, 0.05) is 36.5 Å². The molecule has 2 aromatic carbocycles. The minimum Gasteiger partial charge on any atom is -0.378 e. The third-order valence-electron chi connectivity index (χ3n) is 4.82. The van der Waals surface area contributed by atoms with Crippen LogP contribution in [0.25, 0.3) is 0 Å².